The zero-order chi connectivity index (χ0) is 19.6. The molecule has 140 valence electrons. The Hall–Kier alpha value is -3.19. The fourth-order valence-corrected chi connectivity index (χ4v) is 2.91. The van der Waals surface area contributed by atoms with Gasteiger partial charge in [-0.1, -0.05) is 29.8 Å². The molecule has 27 heavy (non-hydrogen) atoms. The van der Waals surface area contributed by atoms with Crippen molar-refractivity contribution in [3.05, 3.63) is 69.6 Å². The first-order valence-electron chi connectivity index (χ1n) is 8.18. The molecule has 7 nitrogen and oxygen atoms in total. The van der Waals surface area contributed by atoms with Crippen LogP contribution in [-0.4, -0.2) is 22.5 Å². The van der Waals surface area contributed by atoms with E-state index in [-0.39, 0.29) is 11.2 Å². The van der Waals surface area contributed by atoms with Crippen LogP contribution in [0.1, 0.15) is 5.69 Å². The number of hydrogen-bond acceptors (Lipinski definition) is 3. The van der Waals surface area contributed by atoms with Crippen LogP contribution in [0.4, 0.5) is 16.2 Å². The van der Waals surface area contributed by atoms with Gasteiger partial charge in [0.15, 0.2) is 0 Å². The zero-order valence-corrected chi connectivity index (χ0v) is 15.9. The number of hydrogen-bond donors (Lipinski definition) is 2. The Morgan fingerprint density at radius 3 is 2.48 bits per heavy atom. The summed E-state index contributed by atoms with van der Waals surface area (Å²) in [5.41, 5.74) is 1.66. The fourth-order valence-electron chi connectivity index (χ4n) is 2.75. The minimum atomic E-state index is -0.554. The van der Waals surface area contributed by atoms with Gasteiger partial charge in [-0.05, 0) is 31.2 Å². The number of carbonyl (C=O) groups excluding carboxylic acids is 1. The second-order valence-electron chi connectivity index (χ2n) is 5.86. The van der Waals surface area contributed by atoms with Gasteiger partial charge in [0.05, 0.1) is 24.2 Å². The first-order valence-corrected chi connectivity index (χ1v) is 8.55. The van der Waals surface area contributed by atoms with Gasteiger partial charge in [-0.25, -0.2) is 9.48 Å². The molecule has 1 aromatic heterocycles. The summed E-state index contributed by atoms with van der Waals surface area (Å²) >= 11 is 5.93. The Morgan fingerprint density at radius 2 is 1.81 bits per heavy atom. The van der Waals surface area contributed by atoms with Gasteiger partial charge in [-0.3, -0.25) is 9.48 Å². The van der Waals surface area contributed by atoms with Crippen molar-refractivity contribution in [1.82, 2.24) is 9.36 Å². The number of halogens is 1. The number of rotatable bonds is 4. The van der Waals surface area contributed by atoms with E-state index < -0.39 is 6.03 Å². The quantitative estimate of drug-likeness (QED) is 0.716. The third-order valence-corrected chi connectivity index (χ3v) is 4.44. The maximum absolute atomic E-state index is 12.8. The van der Waals surface area contributed by atoms with Gasteiger partial charge in [0.25, 0.3) is 5.56 Å². The SMILES string of the molecule is COc1cc(Cl)ccc1NC(=O)Nc1c(C)n(C)n(-c2ccccc2)c1=O. The van der Waals surface area contributed by atoms with Crippen molar-refractivity contribution in [2.75, 3.05) is 17.7 Å². The maximum atomic E-state index is 12.8. The Bertz CT molecular complexity index is 1040. The van der Waals surface area contributed by atoms with Crippen LogP contribution in [0.15, 0.2) is 53.3 Å². The highest BCUT2D eigenvalue weighted by Gasteiger charge is 2.18. The van der Waals surface area contributed by atoms with Crippen molar-refractivity contribution in [3.63, 3.8) is 0 Å². The molecule has 3 aromatic rings. The van der Waals surface area contributed by atoms with Crippen LogP contribution in [0.2, 0.25) is 5.02 Å². The molecular weight excluding hydrogens is 368 g/mol. The van der Waals surface area contributed by atoms with Gasteiger partial charge < -0.3 is 15.4 Å². The van der Waals surface area contributed by atoms with E-state index >= 15 is 0 Å². The van der Waals surface area contributed by atoms with Crippen molar-refractivity contribution in [1.29, 1.82) is 0 Å². The van der Waals surface area contributed by atoms with Crippen LogP contribution in [0.5, 0.6) is 5.75 Å². The Kier molecular flexibility index (Phi) is 5.23. The van der Waals surface area contributed by atoms with Crippen LogP contribution in [-0.2, 0) is 7.05 Å². The number of amides is 2. The first-order chi connectivity index (χ1) is 12.9. The monoisotopic (exact) mass is 386 g/mol. The predicted octanol–water partition coefficient (Wildman–Crippen LogP) is 3.79. The molecule has 2 N–H and O–H groups in total. The van der Waals surface area contributed by atoms with Gasteiger partial charge in [-0.2, -0.15) is 0 Å². The maximum Gasteiger partial charge on any atom is 0.323 e. The van der Waals surface area contributed by atoms with Crippen LogP contribution >= 0.6 is 11.6 Å². The number of aromatic nitrogens is 2. The molecule has 0 saturated carbocycles. The Morgan fingerprint density at radius 1 is 1.11 bits per heavy atom. The molecule has 1 heterocycles. The molecule has 0 bridgehead atoms. The molecule has 0 unspecified atom stereocenters. The largest absolute Gasteiger partial charge is 0.495 e. The van der Waals surface area contributed by atoms with Crippen LogP contribution in [0.3, 0.4) is 0 Å². The topological polar surface area (TPSA) is 77.3 Å². The van der Waals surface area contributed by atoms with E-state index in [9.17, 15) is 9.59 Å². The van der Waals surface area contributed by atoms with Gasteiger partial charge in [-0.15, -0.1) is 0 Å². The molecule has 0 saturated heterocycles. The lowest BCUT2D eigenvalue weighted by Gasteiger charge is -2.11. The number of nitrogens with one attached hydrogen (secondary N) is 2. The fraction of sp³-hybridized carbons (Fsp3) is 0.158. The number of benzene rings is 2. The van der Waals surface area contributed by atoms with Gasteiger partial charge in [0.2, 0.25) is 0 Å². The minimum Gasteiger partial charge on any atom is -0.495 e. The molecule has 0 spiro atoms. The number of anilines is 2. The first kappa shape index (κ1) is 18.6. The minimum absolute atomic E-state index is 0.201. The number of nitrogens with zero attached hydrogens (tertiary/aromatic N) is 2. The van der Waals surface area contributed by atoms with Crippen molar-refractivity contribution in [2.24, 2.45) is 7.05 Å². The standard InChI is InChI=1S/C19H19ClN4O3/c1-12-17(18(25)24(23(12)2)14-7-5-4-6-8-14)22-19(26)21-15-10-9-13(20)11-16(15)27-3/h4-11H,1-3H3,(H2,21,22,26). The number of para-hydroxylation sites is 1. The normalized spacial score (nSPS) is 10.5. The smallest absolute Gasteiger partial charge is 0.323 e. The highest BCUT2D eigenvalue weighted by molar-refractivity contribution is 6.30. The molecule has 0 aliphatic heterocycles. The highest BCUT2D eigenvalue weighted by atomic mass is 35.5. The van der Waals surface area contributed by atoms with E-state index in [1.165, 1.54) is 11.8 Å². The van der Waals surface area contributed by atoms with E-state index in [0.717, 1.165) is 0 Å². The summed E-state index contributed by atoms with van der Waals surface area (Å²) in [7, 11) is 3.24. The second kappa shape index (κ2) is 7.59. The molecule has 0 aliphatic carbocycles. The molecular formula is C19H19ClN4O3. The third-order valence-electron chi connectivity index (χ3n) is 4.20. The van der Waals surface area contributed by atoms with Crippen LogP contribution in [0, 0.1) is 6.92 Å². The number of urea groups is 1. The summed E-state index contributed by atoms with van der Waals surface area (Å²) in [6.07, 6.45) is 0. The zero-order valence-electron chi connectivity index (χ0n) is 15.1. The van der Waals surface area contributed by atoms with Crippen molar-refractivity contribution >= 4 is 29.0 Å². The lowest BCUT2D eigenvalue weighted by Crippen LogP contribution is -2.25. The van der Waals surface area contributed by atoms with Crippen LogP contribution < -0.4 is 20.9 Å². The summed E-state index contributed by atoms with van der Waals surface area (Å²) in [5, 5.41) is 5.79. The van der Waals surface area contributed by atoms with E-state index in [2.05, 4.69) is 10.6 Å². The number of methoxy groups -OCH3 is 1. The number of ether oxygens (including phenoxy) is 1. The molecule has 0 aliphatic rings. The summed E-state index contributed by atoms with van der Waals surface area (Å²) in [6.45, 7) is 1.76. The van der Waals surface area contributed by atoms with E-state index in [4.69, 9.17) is 16.3 Å². The molecule has 3 rings (SSSR count). The number of carbonyl (C=O) groups is 1. The molecule has 8 heteroatoms. The van der Waals surface area contributed by atoms with Crippen molar-refractivity contribution < 1.29 is 9.53 Å². The highest BCUT2D eigenvalue weighted by Crippen LogP contribution is 2.28. The Balaban J connectivity index is 1.88. The molecule has 2 aromatic carbocycles. The molecule has 0 fully saturated rings. The van der Waals surface area contributed by atoms with E-state index in [1.54, 1.807) is 36.9 Å². The molecule has 2 amide bonds. The van der Waals surface area contributed by atoms with Crippen LogP contribution in [0.25, 0.3) is 5.69 Å². The summed E-state index contributed by atoms with van der Waals surface area (Å²) < 4.78 is 8.39. The average Bonchev–Trinajstić information content (AvgIpc) is 2.87. The summed E-state index contributed by atoms with van der Waals surface area (Å²) in [5.74, 6) is 0.420. The molecule has 0 radical (unpaired) electrons. The van der Waals surface area contributed by atoms with Crippen molar-refractivity contribution in [3.8, 4) is 11.4 Å². The summed E-state index contributed by atoms with van der Waals surface area (Å²) in [4.78, 5) is 25.3. The van der Waals surface area contributed by atoms with E-state index in [0.29, 0.717) is 27.8 Å². The Labute approximate surface area is 161 Å². The van der Waals surface area contributed by atoms with Crippen molar-refractivity contribution in [2.45, 2.75) is 6.92 Å². The predicted molar refractivity (Wildman–Crippen MR) is 106 cm³/mol. The van der Waals surface area contributed by atoms with E-state index in [1.807, 2.05) is 30.3 Å². The molecule has 0 atom stereocenters. The summed E-state index contributed by atoms with van der Waals surface area (Å²) in [6, 6.07) is 13.5. The average molecular weight is 387 g/mol. The lowest BCUT2D eigenvalue weighted by atomic mass is 10.3. The van der Waals surface area contributed by atoms with Gasteiger partial charge in [0.1, 0.15) is 11.4 Å². The van der Waals surface area contributed by atoms with Gasteiger partial charge in [0, 0.05) is 18.1 Å². The van der Waals surface area contributed by atoms with Gasteiger partial charge >= 0.3 is 6.03 Å². The lowest BCUT2D eigenvalue weighted by molar-refractivity contribution is 0.262. The second-order valence-corrected chi connectivity index (χ2v) is 6.30. The third kappa shape index (κ3) is 3.68.